The summed E-state index contributed by atoms with van der Waals surface area (Å²) in [5.74, 6) is 0. The van der Waals surface area contributed by atoms with Crippen LogP contribution in [-0.2, 0) is 12.0 Å². The number of rotatable bonds is 7. The molecular formula is C26H26N2. The molecule has 2 heteroatoms. The third kappa shape index (κ3) is 3.27. The number of nitrogens with zero attached hydrogens (tertiary/aromatic N) is 2. The molecule has 0 atom stereocenters. The number of hydrogen-bond donors (Lipinski definition) is 0. The predicted octanol–water partition coefficient (Wildman–Crippen LogP) is 6.07. The van der Waals surface area contributed by atoms with Gasteiger partial charge in [0.1, 0.15) is 5.54 Å². The molecular weight excluding hydrogens is 340 g/mol. The van der Waals surface area contributed by atoms with Crippen LogP contribution in [0.2, 0.25) is 0 Å². The van der Waals surface area contributed by atoms with Gasteiger partial charge >= 0.3 is 0 Å². The summed E-state index contributed by atoms with van der Waals surface area (Å²) in [5, 5.41) is 0. The van der Waals surface area contributed by atoms with Gasteiger partial charge in [-0.25, -0.2) is 4.98 Å². The minimum atomic E-state index is -0.457. The Labute approximate surface area is 167 Å². The van der Waals surface area contributed by atoms with Crippen LogP contribution in [0.4, 0.5) is 0 Å². The molecule has 0 aliphatic carbocycles. The maximum absolute atomic E-state index is 4.76. The van der Waals surface area contributed by atoms with Crippen molar-refractivity contribution in [1.29, 1.82) is 0 Å². The first-order valence-corrected chi connectivity index (χ1v) is 10.1. The lowest BCUT2D eigenvalue weighted by Crippen LogP contribution is -2.36. The minimum Gasteiger partial charge on any atom is -0.319 e. The van der Waals surface area contributed by atoms with Crippen LogP contribution in [0.1, 0.15) is 42.1 Å². The van der Waals surface area contributed by atoms with Crippen LogP contribution in [0, 0.1) is 0 Å². The molecule has 0 fully saturated rings. The molecule has 1 heterocycles. The maximum Gasteiger partial charge on any atom is 0.121 e. The molecule has 140 valence electrons. The maximum atomic E-state index is 4.76. The Bertz CT molecular complexity index is 892. The molecule has 4 aromatic rings. The van der Waals surface area contributed by atoms with Gasteiger partial charge in [0.25, 0.3) is 0 Å². The van der Waals surface area contributed by atoms with Crippen molar-refractivity contribution < 1.29 is 0 Å². The molecule has 0 aliphatic rings. The Morgan fingerprint density at radius 2 is 1.18 bits per heavy atom. The van der Waals surface area contributed by atoms with E-state index < -0.39 is 5.54 Å². The van der Waals surface area contributed by atoms with Crippen LogP contribution in [0.5, 0.6) is 0 Å². The normalized spacial score (nSPS) is 11.5. The lowest BCUT2D eigenvalue weighted by molar-refractivity contribution is 0.514. The van der Waals surface area contributed by atoms with E-state index in [0.29, 0.717) is 0 Å². The number of aromatic nitrogens is 2. The van der Waals surface area contributed by atoms with E-state index in [1.165, 1.54) is 23.1 Å². The average molecular weight is 367 g/mol. The summed E-state index contributed by atoms with van der Waals surface area (Å²) in [5.41, 5.74) is 4.38. The third-order valence-electron chi connectivity index (χ3n) is 5.38. The molecule has 0 saturated heterocycles. The molecule has 0 saturated carbocycles. The highest BCUT2D eigenvalue weighted by atomic mass is 15.1. The van der Waals surface area contributed by atoms with Crippen LogP contribution in [0.15, 0.2) is 104 Å². The van der Waals surface area contributed by atoms with E-state index in [1.54, 1.807) is 0 Å². The first-order valence-electron chi connectivity index (χ1n) is 10.1. The van der Waals surface area contributed by atoms with Crippen molar-refractivity contribution >= 4 is 0 Å². The van der Waals surface area contributed by atoms with Crippen LogP contribution < -0.4 is 0 Å². The largest absolute Gasteiger partial charge is 0.319 e. The number of aryl methyl sites for hydroxylation is 1. The van der Waals surface area contributed by atoms with Gasteiger partial charge in [0.15, 0.2) is 0 Å². The van der Waals surface area contributed by atoms with Gasteiger partial charge in [-0.3, -0.25) is 0 Å². The summed E-state index contributed by atoms with van der Waals surface area (Å²) in [4.78, 5) is 4.76. The molecule has 0 spiro atoms. The highest BCUT2D eigenvalue weighted by Gasteiger charge is 2.38. The topological polar surface area (TPSA) is 17.8 Å². The highest BCUT2D eigenvalue weighted by molar-refractivity contribution is 5.50. The quantitative estimate of drug-likeness (QED) is 0.363. The van der Waals surface area contributed by atoms with E-state index in [0.717, 1.165) is 18.5 Å². The van der Waals surface area contributed by atoms with Crippen LogP contribution in [0.3, 0.4) is 0 Å². The molecule has 3 aromatic carbocycles. The van der Waals surface area contributed by atoms with Crippen molar-refractivity contribution in [2.75, 3.05) is 0 Å². The van der Waals surface area contributed by atoms with Crippen molar-refractivity contribution in [2.45, 2.75) is 31.7 Å². The zero-order valence-corrected chi connectivity index (χ0v) is 16.3. The molecule has 0 bridgehead atoms. The summed E-state index contributed by atoms with van der Waals surface area (Å²) in [7, 11) is 0. The second-order valence-corrected chi connectivity index (χ2v) is 7.18. The Morgan fingerprint density at radius 3 is 1.61 bits per heavy atom. The zero-order chi connectivity index (χ0) is 19.2. The predicted molar refractivity (Wildman–Crippen MR) is 115 cm³/mol. The van der Waals surface area contributed by atoms with Gasteiger partial charge in [-0.1, -0.05) is 104 Å². The number of unbranched alkanes of at least 4 members (excludes halogenated alkanes) is 1. The summed E-state index contributed by atoms with van der Waals surface area (Å²) < 4.78 is 2.29. The summed E-state index contributed by atoms with van der Waals surface area (Å²) in [6, 6.07) is 32.2. The fraction of sp³-hybridized carbons (Fsp3) is 0.192. The molecule has 0 N–H and O–H groups in total. The molecule has 4 rings (SSSR count). The number of hydrogen-bond acceptors (Lipinski definition) is 1. The van der Waals surface area contributed by atoms with Gasteiger partial charge < -0.3 is 4.57 Å². The Balaban J connectivity index is 2.00. The average Bonchev–Trinajstić information content (AvgIpc) is 3.24. The van der Waals surface area contributed by atoms with Crippen molar-refractivity contribution in [1.82, 2.24) is 9.55 Å². The lowest BCUT2D eigenvalue weighted by atomic mass is 9.77. The van der Waals surface area contributed by atoms with E-state index in [1.807, 2.05) is 6.33 Å². The molecule has 28 heavy (non-hydrogen) atoms. The van der Waals surface area contributed by atoms with Crippen molar-refractivity contribution in [3.8, 4) is 0 Å². The van der Waals surface area contributed by atoms with Crippen LogP contribution in [0.25, 0.3) is 0 Å². The van der Waals surface area contributed by atoms with E-state index in [-0.39, 0.29) is 0 Å². The summed E-state index contributed by atoms with van der Waals surface area (Å²) in [6.45, 7) is 2.22. The van der Waals surface area contributed by atoms with Gasteiger partial charge in [-0.2, -0.15) is 0 Å². The van der Waals surface area contributed by atoms with Crippen molar-refractivity contribution in [3.05, 3.63) is 126 Å². The van der Waals surface area contributed by atoms with E-state index >= 15 is 0 Å². The number of imidazole rings is 1. The van der Waals surface area contributed by atoms with Crippen molar-refractivity contribution in [2.24, 2.45) is 0 Å². The molecule has 0 radical (unpaired) electrons. The molecule has 0 unspecified atom stereocenters. The fourth-order valence-corrected chi connectivity index (χ4v) is 4.02. The Hall–Kier alpha value is -3.13. The fourth-order valence-electron chi connectivity index (χ4n) is 4.02. The zero-order valence-electron chi connectivity index (χ0n) is 16.3. The second kappa shape index (κ2) is 8.26. The smallest absolute Gasteiger partial charge is 0.121 e. The van der Waals surface area contributed by atoms with Gasteiger partial charge in [0.05, 0.1) is 12.0 Å². The van der Waals surface area contributed by atoms with E-state index in [4.69, 9.17) is 4.98 Å². The molecule has 0 aliphatic heterocycles. The van der Waals surface area contributed by atoms with E-state index in [2.05, 4.69) is 109 Å². The van der Waals surface area contributed by atoms with Gasteiger partial charge in [-0.05, 0) is 29.5 Å². The summed E-state index contributed by atoms with van der Waals surface area (Å²) >= 11 is 0. The summed E-state index contributed by atoms with van der Waals surface area (Å²) in [6.07, 6.45) is 7.57. The molecule has 1 aromatic heterocycles. The Kier molecular flexibility index (Phi) is 5.38. The lowest BCUT2D eigenvalue weighted by Gasteiger charge is -2.37. The van der Waals surface area contributed by atoms with Gasteiger partial charge in [-0.15, -0.1) is 0 Å². The first kappa shape index (κ1) is 18.2. The van der Waals surface area contributed by atoms with Crippen LogP contribution in [-0.4, -0.2) is 9.55 Å². The molecule has 0 amide bonds. The number of benzene rings is 3. The SMILES string of the molecule is CCCCc1cn(C(c2ccccc2)(c2ccccc2)c2ccccc2)cn1. The first-order chi connectivity index (χ1) is 13.9. The van der Waals surface area contributed by atoms with Crippen molar-refractivity contribution in [3.63, 3.8) is 0 Å². The second-order valence-electron chi connectivity index (χ2n) is 7.18. The Morgan fingerprint density at radius 1 is 0.714 bits per heavy atom. The minimum absolute atomic E-state index is 0.457. The van der Waals surface area contributed by atoms with Gasteiger partial charge in [0, 0.05) is 6.20 Å². The third-order valence-corrected chi connectivity index (χ3v) is 5.38. The monoisotopic (exact) mass is 366 g/mol. The standard InChI is InChI=1S/C26H26N2/c1-2-3-19-25-20-28(21-27-25)26(22-13-7-4-8-14-22,23-15-9-5-10-16-23)24-17-11-6-12-18-24/h4-18,20-21H,2-3,19H2,1H3. The van der Waals surface area contributed by atoms with Gasteiger partial charge in [0.2, 0.25) is 0 Å². The highest BCUT2D eigenvalue weighted by Crippen LogP contribution is 2.40. The van der Waals surface area contributed by atoms with Crippen LogP contribution >= 0.6 is 0 Å². The van der Waals surface area contributed by atoms with E-state index in [9.17, 15) is 0 Å². The molecule has 2 nitrogen and oxygen atoms in total.